The Labute approximate surface area is 211 Å². The Morgan fingerprint density at radius 2 is 1.62 bits per heavy atom. The quantitative estimate of drug-likeness (QED) is 0.434. The highest BCUT2D eigenvalue weighted by molar-refractivity contribution is 8.93. The number of hydrogen-bond acceptors (Lipinski definition) is 5. The number of fused-ring (bicyclic) bond motifs is 1. The summed E-state index contributed by atoms with van der Waals surface area (Å²) in [6, 6.07) is 8.86. The van der Waals surface area contributed by atoms with E-state index in [-0.39, 0.29) is 51.7 Å². The highest BCUT2D eigenvalue weighted by Crippen LogP contribution is 2.40. The fraction of sp³-hybridized carbons (Fsp3) is 0.423. The van der Waals surface area contributed by atoms with Crippen LogP contribution >= 0.6 is 17.0 Å². The Hall–Kier alpha value is -2.87. The van der Waals surface area contributed by atoms with Gasteiger partial charge in [-0.2, -0.15) is 0 Å². The van der Waals surface area contributed by atoms with Crippen molar-refractivity contribution in [3.8, 4) is 5.75 Å². The van der Waals surface area contributed by atoms with E-state index >= 15 is 0 Å². The molecule has 0 saturated heterocycles. The molecular weight excluding hydrogens is 498 g/mol. The molecule has 0 unspecified atom stereocenters. The van der Waals surface area contributed by atoms with Crippen LogP contribution < -0.4 is 5.32 Å². The van der Waals surface area contributed by atoms with Crippen LogP contribution in [0.25, 0.3) is 0 Å². The molecule has 7 nitrogen and oxygen atoms in total. The number of halogens is 1. The van der Waals surface area contributed by atoms with E-state index in [1.807, 2.05) is 47.6 Å². The average molecular weight is 532 g/mol. The Kier molecular flexibility index (Phi) is 7.87. The smallest absolute Gasteiger partial charge is 0.411 e. The number of phenols is 1. The number of ketones is 1. The van der Waals surface area contributed by atoms with Gasteiger partial charge in [0.1, 0.15) is 11.6 Å². The molecule has 1 aliphatic heterocycles. The SMILES string of the molecule is Br.COC(=O)Nc1ccc2c(c1)C(=N)N(CC(=O)c1cc(C(C)(C)C)c(O)c(C(C)(C)C)c1)C2. The van der Waals surface area contributed by atoms with Crippen LogP contribution in [0.2, 0.25) is 0 Å². The largest absolute Gasteiger partial charge is 0.507 e. The molecule has 1 amide bonds. The standard InChI is InChI=1S/C26H33N3O4.BrH/c1-25(2,3)19-10-16(11-20(22(19)31)26(4,5)6)21(30)14-29-13-15-8-9-17(28-24(32)33-7)12-18(15)23(29)27;/h8-12,27,31H,13-14H2,1-7H3,(H,28,32);1H. The number of nitrogens with one attached hydrogen (secondary N) is 2. The van der Waals surface area contributed by atoms with Gasteiger partial charge in [0, 0.05) is 34.5 Å². The number of hydrogen-bond donors (Lipinski definition) is 3. The molecule has 8 heteroatoms. The minimum atomic E-state index is -0.580. The van der Waals surface area contributed by atoms with Crippen molar-refractivity contribution in [3.63, 3.8) is 0 Å². The van der Waals surface area contributed by atoms with Crippen LogP contribution in [-0.4, -0.2) is 41.4 Å². The van der Waals surface area contributed by atoms with Crippen molar-refractivity contribution in [2.75, 3.05) is 19.0 Å². The van der Waals surface area contributed by atoms with Gasteiger partial charge in [-0.1, -0.05) is 47.6 Å². The molecule has 0 saturated carbocycles. The number of benzene rings is 2. The molecule has 0 atom stereocenters. The fourth-order valence-corrected chi connectivity index (χ4v) is 3.97. The summed E-state index contributed by atoms with van der Waals surface area (Å²) in [7, 11) is 1.29. The lowest BCUT2D eigenvalue weighted by molar-refractivity contribution is 0.0962. The molecule has 0 fully saturated rings. The molecule has 2 aromatic carbocycles. The Balaban J connectivity index is 0.00000408. The van der Waals surface area contributed by atoms with Gasteiger partial charge in [0.05, 0.1) is 13.7 Å². The van der Waals surface area contributed by atoms with Crippen molar-refractivity contribution >= 4 is 40.4 Å². The number of nitrogens with zero attached hydrogens (tertiary/aromatic N) is 1. The van der Waals surface area contributed by atoms with Crippen LogP contribution in [0, 0.1) is 5.41 Å². The molecular formula is C26H34BrN3O4. The maximum absolute atomic E-state index is 13.3. The normalized spacial score (nSPS) is 13.3. The summed E-state index contributed by atoms with van der Waals surface area (Å²) in [5, 5.41) is 22.1. The number of amides is 1. The molecule has 0 aliphatic carbocycles. The molecule has 0 bridgehead atoms. The summed E-state index contributed by atoms with van der Waals surface area (Å²) in [6.07, 6.45) is -0.580. The van der Waals surface area contributed by atoms with Crippen LogP contribution in [0.1, 0.15) is 74.2 Å². The van der Waals surface area contributed by atoms with E-state index in [4.69, 9.17) is 5.41 Å². The second kappa shape index (κ2) is 9.78. The van der Waals surface area contributed by atoms with Crippen molar-refractivity contribution in [2.24, 2.45) is 0 Å². The molecule has 3 N–H and O–H groups in total. The van der Waals surface area contributed by atoms with E-state index in [0.29, 0.717) is 23.4 Å². The number of Topliss-reactive ketones (excluding diaryl/α,β-unsaturated/α-hetero) is 1. The van der Waals surface area contributed by atoms with E-state index in [1.54, 1.807) is 29.2 Å². The highest BCUT2D eigenvalue weighted by atomic mass is 79.9. The van der Waals surface area contributed by atoms with Gasteiger partial charge in [-0.25, -0.2) is 4.79 Å². The average Bonchev–Trinajstić information content (AvgIpc) is 3.01. The number of methoxy groups -OCH3 is 1. The summed E-state index contributed by atoms with van der Waals surface area (Å²) < 4.78 is 4.62. The molecule has 1 heterocycles. The zero-order valence-electron chi connectivity index (χ0n) is 20.8. The van der Waals surface area contributed by atoms with Crippen LogP contribution in [0.3, 0.4) is 0 Å². The molecule has 0 radical (unpaired) electrons. The first-order valence-corrected chi connectivity index (χ1v) is 11.0. The van der Waals surface area contributed by atoms with Gasteiger partial charge in [0.2, 0.25) is 0 Å². The lowest BCUT2D eigenvalue weighted by Gasteiger charge is -2.28. The Morgan fingerprint density at radius 1 is 1.06 bits per heavy atom. The zero-order valence-corrected chi connectivity index (χ0v) is 22.5. The van der Waals surface area contributed by atoms with E-state index < -0.39 is 6.09 Å². The molecule has 2 aromatic rings. The number of anilines is 1. The van der Waals surface area contributed by atoms with E-state index in [1.165, 1.54) is 7.11 Å². The predicted molar refractivity (Wildman–Crippen MR) is 140 cm³/mol. The Bertz CT molecular complexity index is 1090. The number of rotatable bonds is 4. The van der Waals surface area contributed by atoms with Gasteiger partial charge >= 0.3 is 6.09 Å². The predicted octanol–water partition coefficient (Wildman–Crippen LogP) is 5.77. The van der Waals surface area contributed by atoms with Gasteiger partial charge in [-0.05, 0) is 40.7 Å². The third-order valence-corrected chi connectivity index (χ3v) is 5.86. The summed E-state index contributed by atoms with van der Waals surface area (Å²) in [4.78, 5) is 26.5. The van der Waals surface area contributed by atoms with Gasteiger partial charge in [-0.3, -0.25) is 15.5 Å². The van der Waals surface area contributed by atoms with Crippen molar-refractivity contribution in [3.05, 3.63) is 58.1 Å². The maximum atomic E-state index is 13.3. The van der Waals surface area contributed by atoms with Crippen molar-refractivity contribution < 1.29 is 19.4 Å². The number of carbonyl (C=O) groups excluding carboxylic acids is 2. The second-order valence-corrected chi connectivity index (χ2v) is 10.5. The van der Waals surface area contributed by atoms with Crippen LogP contribution in [0.5, 0.6) is 5.75 Å². The molecule has 1 aliphatic rings. The topological polar surface area (TPSA) is 103 Å². The third-order valence-electron chi connectivity index (χ3n) is 5.86. The summed E-state index contributed by atoms with van der Waals surface area (Å²) in [5.74, 6) is 0.354. The maximum Gasteiger partial charge on any atom is 0.411 e. The second-order valence-electron chi connectivity index (χ2n) is 10.5. The molecule has 34 heavy (non-hydrogen) atoms. The van der Waals surface area contributed by atoms with Gasteiger partial charge in [-0.15, -0.1) is 17.0 Å². The van der Waals surface area contributed by atoms with Crippen LogP contribution in [0.15, 0.2) is 30.3 Å². The van der Waals surface area contributed by atoms with Crippen LogP contribution in [0.4, 0.5) is 10.5 Å². The van der Waals surface area contributed by atoms with Gasteiger partial charge in [0.25, 0.3) is 0 Å². The number of aromatic hydroxyl groups is 1. The minimum absolute atomic E-state index is 0. The number of phenolic OH excluding ortho intramolecular Hbond substituents is 1. The van der Waals surface area contributed by atoms with Crippen molar-refractivity contribution in [1.29, 1.82) is 5.41 Å². The zero-order chi connectivity index (χ0) is 24.7. The highest BCUT2D eigenvalue weighted by Gasteiger charge is 2.30. The third kappa shape index (κ3) is 5.60. The first-order chi connectivity index (χ1) is 15.2. The number of amidine groups is 1. The Morgan fingerprint density at radius 3 is 2.12 bits per heavy atom. The van der Waals surface area contributed by atoms with Crippen molar-refractivity contribution in [2.45, 2.75) is 58.9 Å². The van der Waals surface area contributed by atoms with Crippen LogP contribution in [-0.2, 0) is 22.1 Å². The number of ether oxygens (including phenoxy) is 1. The van der Waals surface area contributed by atoms with Gasteiger partial charge < -0.3 is 14.7 Å². The van der Waals surface area contributed by atoms with E-state index in [0.717, 1.165) is 16.7 Å². The first-order valence-electron chi connectivity index (χ1n) is 11.0. The lowest BCUT2D eigenvalue weighted by atomic mass is 9.78. The molecule has 0 spiro atoms. The number of carbonyl (C=O) groups is 2. The summed E-state index contributed by atoms with van der Waals surface area (Å²) in [6.45, 7) is 12.5. The minimum Gasteiger partial charge on any atom is -0.507 e. The van der Waals surface area contributed by atoms with Gasteiger partial charge in [0.15, 0.2) is 5.78 Å². The molecule has 0 aromatic heterocycles. The summed E-state index contributed by atoms with van der Waals surface area (Å²) in [5.41, 5.74) is 3.45. The van der Waals surface area contributed by atoms with E-state index in [9.17, 15) is 14.7 Å². The van der Waals surface area contributed by atoms with Crippen molar-refractivity contribution in [1.82, 2.24) is 4.90 Å². The summed E-state index contributed by atoms with van der Waals surface area (Å²) >= 11 is 0. The lowest BCUT2D eigenvalue weighted by Crippen LogP contribution is -2.30. The first kappa shape index (κ1) is 27.4. The molecule has 184 valence electrons. The fourth-order valence-electron chi connectivity index (χ4n) is 3.97. The van der Waals surface area contributed by atoms with E-state index in [2.05, 4.69) is 10.1 Å². The monoisotopic (exact) mass is 531 g/mol. The molecule has 3 rings (SSSR count).